The van der Waals surface area contributed by atoms with Crippen molar-refractivity contribution in [1.82, 2.24) is 19.6 Å². The Morgan fingerprint density at radius 3 is 2.74 bits per heavy atom. The molecule has 0 unspecified atom stereocenters. The molecule has 0 bridgehead atoms. The van der Waals surface area contributed by atoms with Gasteiger partial charge in [0.2, 0.25) is 0 Å². The molecule has 23 heavy (non-hydrogen) atoms. The number of likely N-dealkylation sites (tertiary alicyclic amines) is 1. The lowest BCUT2D eigenvalue weighted by molar-refractivity contribution is 0.0119. The number of morpholine rings is 1. The molecule has 126 valence electrons. The van der Waals surface area contributed by atoms with Gasteiger partial charge in [0.1, 0.15) is 5.69 Å². The fourth-order valence-electron chi connectivity index (χ4n) is 3.45. The Kier molecular flexibility index (Phi) is 4.77. The molecule has 0 spiro atoms. The van der Waals surface area contributed by atoms with Gasteiger partial charge in [0, 0.05) is 44.8 Å². The van der Waals surface area contributed by atoms with Crippen molar-refractivity contribution in [3.8, 4) is 0 Å². The van der Waals surface area contributed by atoms with Crippen LogP contribution in [0, 0.1) is 5.92 Å². The quantitative estimate of drug-likeness (QED) is 0.787. The number of carbonyl (C=O) groups is 1. The van der Waals surface area contributed by atoms with Crippen molar-refractivity contribution in [3.63, 3.8) is 0 Å². The molecule has 1 amide bonds. The number of hydrogen-bond donors (Lipinski definition) is 0. The Labute approximate surface area is 135 Å². The van der Waals surface area contributed by atoms with Crippen LogP contribution in [-0.4, -0.2) is 70.9 Å². The molecular formula is C16H24N4O3. The summed E-state index contributed by atoms with van der Waals surface area (Å²) in [4.78, 5) is 28.6. The number of ether oxygens (including phenoxy) is 1. The van der Waals surface area contributed by atoms with Crippen LogP contribution in [0.5, 0.6) is 0 Å². The first kappa shape index (κ1) is 16.1. The summed E-state index contributed by atoms with van der Waals surface area (Å²) in [7, 11) is 0. The fraction of sp³-hybridized carbons (Fsp3) is 0.688. The normalized spacial score (nSPS) is 25.7. The van der Waals surface area contributed by atoms with Gasteiger partial charge in [0.05, 0.1) is 13.2 Å². The molecule has 0 radical (unpaired) electrons. The summed E-state index contributed by atoms with van der Waals surface area (Å²) in [5.74, 6) is 0.337. The number of carbonyl (C=O) groups excluding carboxylic acids is 1. The standard InChI is InChI=1S/C16H24N4O3/c1-3-20-15(21)5-4-13(17-20)16(22)19-10-12(2)14(11-19)18-6-8-23-9-7-18/h4-5,12,14H,3,6-11H2,1-2H3/t12-,14+/m1/s1. The number of aromatic nitrogens is 2. The molecule has 1 aromatic heterocycles. The van der Waals surface area contributed by atoms with E-state index in [1.165, 1.54) is 16.8 Å². The number of aryl methyl sites for hydroxylation is 1. The smallest absolute Gasteiger partial charge is 0.274 e. The molecule has 2 fully saturated rings. The summed E-state index contributed by atoms with van der Waals surface area (Å²) in [5.41, 5.74) is 0.173. The van der Waals surface area contributed by atoms with E-state index in [-0.39, 0.29) is 11.5 Å². The first-order valence-corrected chi connectivity index (χ1v) is 8.29. The monoisotopic (exact) mass is 320 g/mol. The number of hydrogen-bond acceptors (Lipinski definition) is 5. The van der Waals surface area contributed by atoms with Crippen molar-refractivity contribution in [3.05, 3.63) is 28.2 Å². The minimum atomic E-state index is -0.176. The SMILES string of the molecule is CCn1nc(C(=O)N2C[C@@H](C)[C@@H](N3CCOCC3)C2)ccc1=O. The highest BCUT2D eigenvalue weighted by molar-refractivity contribution is 5.92. The zero-order valence-corrected chi connectivity index (χ0v) is 13.8. The fourth-order valence-corrected chi connectivity index (χ4v) is 3.45. The first-order chi connectivity index (χ1) is 11.1. The van der Waals surface area contributed by atoms with Crippen LogP contribution in [0.4, 0.5) is 0 Å². The van der Waals surface area contributed by atoms with Crippen molar-refractivity contribution >= 4 is 5.91 Å². The average molecular weight is 320 g/mol. The Morgan fingerprint density at radius 1 is 1.30 bits per heavy atom. The van der Waals surface area contributed by atoms with E-state index in [9.17, 15) is 9.59 Å². The summed E-state index contributed by atoms with van der Waals surface area (Å²) < 4.78 is 6.74. The third kappa shape index (κ3) is 3.30. The molecule has 2 aliphatic rings. The van der Waals surface area contributed by atoms with Crippen LogP contribution in [0.25, 0.3) is 0 Å². The lowest BCUT2D eigenvalue weighted by Crippen LogP contribution is -2.47. The Balaban J connectivity index is 1.72. The number of nitrogens with zero attached hydrogens (tertiary/aromatic N) is 4. The molecule has 2 saturated heterocycles. The van der Waals surface area contributed by atoms with Gasteiger partial charge in [0.15, 0.2) is 0 Å². The largest absolute Gasteiger partial charge is 0.379 e. The van der Waals surface area contributed by atoms with Gasteiger partial charge in [-0.3, -0.25) is 14.5 Å². The summed E-state index contributed by atoms with van der Waals surface area (Å²) in [5, 5.41) is 4.18. The van der Waals surface area contributed by atoms with Gasteiger partial charge in [-0.1, -0.05) is 6.92 Å². The predicted octanol–water partition coefficient (Wildman–Crippen LogP) is 0.0559. The zero-order valence-electron chi connectivity index (χ0n) is 13.8. The van der Waals surface area contributed by atoms with Gasteiger partial charge in [-0.15, -0.1) is 0 Å². The molecule has 0 aromatic carbocycles. The van der Waals surface area contributed by atoms with E-state index >= 15 is 0 Å². The third-order valence-electron chi connectivity index (χ3n) is 4.76. The number of rotatable bonds is 3. The van der Waals surface area contributed by atoms with Crippen LogP contribution < -0.4 is 5.56 Å². The highest BCUT2D eigenvalue weighted by Crippen LogP contribution is 2.23. The van der Waals surface area contributed by atoms with Crippen LogP contribution >= 0.6 is 0 Å². The maximum absolute atomic E-state index is 12.7. The van der Waals surface area contributed by atoms with E-state index in [2.05, 4.69) is 16.9 Å². The van der Waals surface area contributed by atoms with Crippen molar-refractivity contribution in [1.29, 1.82) is 0 Å². The van der Waals surface area contributed by atoms with Gasteiger partial charge in [-0.2, -0.15) is 5.10 Å². The molecule has 0 saturated carbocycles. The molecule has 0 aliphatic carbocycles. The maximum Gasteiger partial charge on any atom is 0.274 e. The third-order valence-corrected chi connectivity index (χ3v) is 4.76. The molecule has 2 aliphatic heterocycles. The summed E-state index contributed by atoms with van der Waals surface area (Å²) in [6, 6.07) is 3.33. The van der Waals surface area contributed by atoms with E-state index in [0.717, 1.165) is 32.8 Å². The van der Waals surface area contributed by atoms with Crippen molar-refractivity contribution < 1.29 is 9.53 Å². The molecule has 2 atom stereocenters. The van der Waals surface area contributed by atoms with Gasteiger partial charge < -0.3 is 9.64 Å². The Hall–Kier alpha value is -1.73. The highest BCUT2D eigenvalue weighted by atomic mass is 16.5. The summed E-state index contributed by atoms with van der Waals surface area (Å²) >= 11 is 0. The lowest BCUT2D eigenvalue weighted by atomic mass is 10.0. The molecule has 1 aromatic rings. The topological polar surface area (TPSA) is 67.7 Å². The van der Waals surface area contributed by atoms with E-state index in [0.29, 0.717) is 30.7 Å². The van der Waals surface area contributed by atoms with Crippen LogP contribution in [0.15, 0.2) is 16.9 Å². The highest BCUT2D eigenvalue weighted by Gasteiger charge is 2.37. The second-order valence-electron chi connectivity index (χ2n) is 6.28. The Morgan fingerprint density at radius 2 is 2.04 bits per heavy atom. The maximum atomic E-state index is 12.7. The van der Waals surface area contributed by atoms with Gasteiger partial charge in [-0.25, -0.2) is 4.68 Å². The van der Waals surface area contributed by atoms with Crippen LogP contribution in [-0.2, 0) is 11.3 Å². The van der Waals surface area contributed by atoms with E-state index in [1.807, 2.05) is 11.8 Å². The van der Waals surface area contributed by atoms with Crippen LogP contribution in [0.3, 0.4) is 0 Å². The molecule has 7 nitrogen and oxygen atoms in total. The van der Waals surface area contributed by atoms with Crippen LogP contribution in [0.1, 0.15) is 24.3 Å². The molecule has 3 rings (SSSR count). The zero-order chi connectivity index (χ0) is 16.4. The van der Waals surface area contributed by atoms with E-state index < -0.39 is 0 Å². The van der Waals surface area contributed by atoms with E-state index in [1.54, 1.807) is 0 Å². The number of amides is 1. The minimum absolute atomic E-state index is 0.0881. The minimum Gasteiger partial charge on any atom is -0.379 e. The lowest BCUT2D eigenvalue weighted by Gasteiger charge is -2.33. The van der Waals surface area contributed by atoms with Crippen LogP contribution in [0.2, 0.25) is 0 Å². The van der Waals surface area contributed by atoms with E-state index in [4.69, 9.17) is 4.74 Å². The average Bonchev–Trinajstić information content (AvgIpc) is 2.97. The Bertz CT molecular complexity index is 624. The first-order valence-electron chi connectivity index (χ1n) is 8.29. The molecule has 3 heterocycles. The molecule has 0 N–H and O–H groups in total. The second-order valence-corrected chi connectivity index (χ2v) is 6.28. The van der Waals surface area contributed by atoms with Crippen molar-refractivity contribution in [2.24, 2.45) is 5.92 Å². The van der Waals surface area contributed by atoms with Crippen molar-refractivity contribution in [2.75, 3.05) is 39.4 Å². The summed E-state index contributed by atoms with van der Waals surface area (Å²) in [6.07, 6.45) is 0. The second kappa shape index (κ2) is 6.80. The summed E-state index contributed by atoms with van der Waals surface area (Å²) in [6.45, 7) is 9.32. The molecule has 7 heteroatoms. The van der Waals surface area contributed by atoms with Gasteiger partial charge in [-0.05, 0) is 18.9 Å². The van der Waals surface area contributed by atoms with Gasteiger partial charge in [0.25, 0.3) is 11.5 Å². The van der Waals surface area contributed by atoms with Crippen molar-refractivity contribution in [2.45, 2.75) is 26.4 Å². The molecular weight excluding hydrogens is 296 g/mol. The predicted molar refractivity (Wildman–Crippen MR) is 85.4 cm³/mol. The van der Waals surface area contributed by atoms with Gasteiger partial charge >= 0.3 is 0 Å².